The monoisotopic (exact) mass is 376 g/mol. The molecule has 1 N–H and O–H groups in total. The van der Waals surface area contributed by atoms with Crippen molar-refractivity contribution in [2.24, 2.45) is 0 Å². The Balaban J connectivity index is 2.04. The molecule has 0 aliphatic rings. The van der Waals surface area contributed by atoms with Crippen LogP contribution < -0.4 is 0 Å². The molecule has 0 aliphatic heterocycles. The first kappa shape index (κ1) is 20.3. The van der Waals surface area contributed by atoms with Crippen molar-refractivity contribution < 1.29 is 14.9 Å². The molecule has 0 bridgehead atoms. The SMILES string of the molecule is COOC/C=C\C(c1ccc2ccccc2c1)C(O)c1c(C)cc(C)cc1C. The molecule has 3 aromatic rings. The molecule has 0 fully saturated rings. The summed E-state index contributed by atoms with van der Waals surface area (Å²) in [4.78, 5) is 9.64. The highest BCUT2D eigenvalue weighted by atomic mass is 17.2. The first-order valence-electron chi connectivity index (χ1n) is 9.58. The molecule has 0 aliphatic carbocycles. The summed E-state index contributed by atoms with van der Waals surface area (Å²) in [6, 6.07) is 18.9. The van der Waals surface area contributed by atoms with Crippen LogP contribution in [-0.4, -0.2) is 18.8 Å². The fraction of sp³-hybridized carbons (Fsp3) is 0.280. The van der Waals surface area contributed by atoms with Crippen molar-refractivity contribution in [2.75, 3.05) is 13.7 Å². The third kappa shape index (κ3) is 4.50. The van der Waals surface area contributed by atoms with Gasteiger partial charge in [-0.3, -0.25) is 0 Å². The molecule has 2 unspecified atom stereocenters. The molecular weight excluding hydrogens is 348 g/mol. The molecule has 0 heterocycles. The molecule has 3 nitrogen and oxygen atoms in total. The highest BCUT2D eigenvalue weighted by molar-refractivity contribution is 5.83. The van der Waals surface area contributed by atoms with E-state index in [0.717, 1.165) is 27.6 Å². The lowest BCUT2D eigenvalue weighted by atomic mass is 9.84. The summed E-state index contributed by atoms with van der Waals surface area (Å²) >= 11 is 0. The van der Waals surface area contributed by atoms with Gasteiger partial charge < -0.3 is 5.11 Å². The number of aliphatic hydroxyl groups is 1. The molecule has 2 atom stereocenters. The summed E-state index contributed by atoms with van der Waals surface area (Å²) in [5.74, 6) is -0.190. The first-order chi connectivity index (χ1) is 13.5. The molecule has 3 aromatic carbocycles. The van der Waals surface area contributed by atoms with E-state index in [0.29, 0.717) is 6.61 Å². The van der Waals surface area contributed by atoms with Crippen LogP contribution in [0.25, 0.3) is 10.8 Å². The van der Waals surface area contributed by atoms with Crippen molar-refractivity contribution >= 4 is 10.8 Å². The van der Waals surface area contributed by atoms with Gasteiger partial charge in [-0.05, 0) is 53.8 Å². The average molecular weight is 376 g/mol. The quantitative estimate of drug-likeness (QED) is 0.248. The van der Waals surface area contributed by atoms with Crippen molar-refractivity contribution in [3.63, 3.8) is 0 Å². The number of hydrogen-bond donors (Lipinski definition) is 1. The van der Waals surface area contributed by atoms with Crippen molar-refractivity contribution in [3.05, 3.63) is 94.6 Å². The summed E-state index contributed by atoms with van der Waals surface area (Å²) in [6.07, 6.45) is 3.25. The molecule has 28 heavy (non-hydrogen) atoms. The number of fused-ring (bicyclic) bond motifs is 1. The van der Waals surface area contributed by atoms with E-state index in [1.807, 2.05) is 24.3 Å². The van der Waals surface area contributed by atoms with Gasteiger partial charge in [0.2, 0.25) is 0 Å². The summed E-state index contributed by atoms with van der Waals surface area (Å²) in [5, 5.41) is 13.7. The zero-order valence-electron chi connectivity index (χ0n) is 17.0. The van der Waals surface area contributed by atoms with Crippen LogP contribution in [0.3, 0.4) is 0 Å². The molecule has 0 amide bonds. The maximum atomic E-state index is 11.4. The van der Waals surface area contributed by atoms with Gasteiger partial charge in [0.15, 0.2) is 0 Å². The molecule has 0 spiro atoms. The van der Waals surface area contributed by atoms with Crippen molar-refractivity contribution in [2.45, 2.75) is 32.8 Å². The van der Waals surface area contributed by atoms with Gasteiger partial charge in [0.05, 0.1) is 13.2 Å². The fourth-order valence-electron chi connectivity index (χ4n) is 3.96. The second-order valence-corrected chi connectivity index (χ2v) is 7.27. The fourth-order valence-corrected chi connectivity index (χ4v) is 3.96. The van der Waals surface area contributed by atoms with E-state index in [9.17, 15) is 5.11 Å². The lowest BCUT2D eigenvalue weighted by Gasteiger charge is -2.25. The molecule has 3 heteroatoms. The first-order valence-corrected chi connectivity index (χ1v) is 9.58. The standard InChI is InChI=1S/C25H28O3/c1-17-14-18(2)24(19(3)15-17)25(26)23(10-7-13-28-27-4)22-12-11-20-8-5-6-9-21(20)16-22/h5-12,14-16,23,25-26H,13H2,1-4H3/b10-7-. The highest BCUT2D eigenvalue weighted by Gasteiger charge is 2.24. The Labute approximate surface area is 167 Å². The van der Waals surface area contributed by atoms with Gasteiger partial charge in [0, 0.05) is 5.92 Å². The lowest BCUT2D eigenvalue weighted by molar-refractivity contribution is -0.263. The summed E-state index contributed by atoms with van der Waals surface area (Å²) in [7, 11) is 1.49. The number of benzene rings is 3. The third-order valence-electron chi connectivity index (χ3n) is 5.16. The van der Waals surface area contributed by atoms with E-state index in [4.69, 9.17) is 4.89 Å². The van der Waals surface area contributed by atoms with Gasteiger partial charge in [-0.25, -0.2) is 9.78 Å². The zero-order chi connectivity index (χ0) is 20.1. The summed E-state index contributed by atoms with van der Waals surface area (Å²) < 4.78 is 0. The van der Waals surface area contributed by atoms with Crippen LogP contribution >= 0.6 is 0 Å². The van der Waals surface area contributed by atoms with Crippen LogP contribution in [0, 0.1) is 20.8 Å². The molecule has 0 aromatic heterocycles. The predicted molar refractivity (Wildman–Crippen MR) is 114 cm³/mol. The van der Waals surface area contributed by atoms with Gasteiger partial charge in [0.1, 0.15) is 6.61 Å². The minimum atomic E-state index is -0.652. The molecule has 0 radical (unpaired) electrons. The van der Waals surface area contributed by atoms with Gasteiger partial charge in [0.25, 0.3) is 0 Å². The minimum absolute atomic E-state index is 0.190. The maximum absolute atomic E-state index is 11.4. The Morgan fingerprint density at radius 2 is 1.61 bits per heavy atom. The van der Waals surface area contributed by atoms with E-state index in [1.54, 1.807) is 0 Å². The summed E-state index contributed by atoms with van der Waals surface area (Å²) in [5.41, 5.74) is 5.48. The number of aliphatic hydroxyl groups excluding tert-OH is 1. The minimum Gasteiger partial charge on any atom is -0.387 e. The largest absolute Gasteiger partial charge is 0.387 e. The van der Waals surface area contributed by atoms with Crippen LogP contribution in [0.1, 0.15) is 39.8 Å². The Morgan fingerprint density at radius 1 is 0.929 bits per heavy atom. The third-order valence-corrected chi connectivity index (χ3v) is 5.16. The number of rotatable bonds is 7. The van der Waals surface area contributed by atoms with E-state index in [-0.39, 0.29) is 5.92 Å². The lowest BCUT2D eigenvalue weighted by Crippen LogP contribution is -2.12. The molecule has 0 saturated heterocycles. The van der Waals surface area contributed by atoms with Crippen LogP contribution in [0.2, 0.25) is 0 Å². The van der Waals surface area contributed by atoms with E-state index < -0.39 is 6.10 Å². The average Bonchev–Trinajstić information content (AvgIpc) is 2.67. The number of hydrogen-bond acceptors (Lipinski definition) is 3. The second kappa shape index (κ2) is 9.16. The Kier molecular flexibility index (Phi) is 6.63. The van der Waals surface area contributed by atoms with Gasteiger partial charge in [-0.1, -0.05) is 72.3 Å². The Morgan fingerprint density at radius 3 is 2.29 bits per heavy atom. The number of aryl methyl sites for hydroxylation is 3. The maximum Gasteiger partial charge on any atom is 0.100 e. The van der Waals surface area contributed by atoms with Crippen LogP contribution in [0.4, 0.5) is 0 Å². The highest BCUT2D eigenvalue weighted by Crippen LogP contribution is 2.37. The molecule has 3 rings (SSSR count). The van der Waals surface area contributed by atoms with E-state index >= 15 is 0 Å². The van der Waals surface area contributed by atoms with Crippen molar-refractivity contribution in [1.29, 1.82) is 0 Å². The molecular formula is C25H28O3. The van der Waals surface area contributed by atoms with E-state index in [1.165, 1.54) is 18.1 Å². The van der Waals surface area contributed by atoms with Gasteiger partial charge >= 0.3 is 0 Å². The van der Waals surface area contributed by atoms with Gasteiger partial charge in [-0.15, -0.1) is 0 Å². The van der Waals surface area contributed by atoms with Crippen molar-refractivity contribution in [1.82, 2.24) is 0 Å². The smallest absolute Gasteiger partial charge is 0.100 e. The topological polar surface area (TPSA) is 38.7 Å². The van der Waals surface area contributed by atoms with Crippen LogP contribution in [0.15, 0.2) is 66.7 Å². The predicted octanol–water partition coefficient (Wildman–Crippen LogP) is 5.72. The van der Waals surface area contributed by atoms with Crippen LogP contribution in [-0.2, 0) is 9.78 Å². The zero-order valence-corrected chi connectivity index (χ0v) is 17.0. The molecule has 0 saturated carbocycles. The summed E-state index contributed by atoms with van der Waals surface area (Å²) in [6.45, 7) is 6.54. The van der Waals surface area contributed by atoms with Gasteiger partial charge in [-0.2, -0.15) is 0 Å². The second-order valence-electron chi connectivity index (χ2n) is 7.27. The normalized spacial score (nSPS) is 13.9. The Hall–Kier alpha value is -2.46. The van der Waals surface area contributed by atoms with Crippen molar-refractivity contribution in [3.8, 4) is 0 Å². The van der Waals surface area contributed by atoms with Crippen LogP contribution in [0.5, 0.6) is 0 Å². The Bertz CT molecular complexity index is 951. The van der Waals surface area contributed by atoms with E-state index in [2.05, 4.69) is 68.1 Å². The molecule has 146 valence electrons.